The zero-order valence-corrected chi connectivity index (χ0v) is 16.3. The maximum atomic E-state index is 12.4. The van der Waals surface area contributed by atoms with Gasteiger partial charge in [-0.2, -0.15) is 9.90 Å². The zero-order chi connectivity index (χ0) is 18.1. The van der Waals surface area contributed by atoms with Gasteiger partial charge in [0.2, 0.25) is 0 Å². The highest BCUT2D eigenvalue weighted by molar-refractivity contribution is 7.14. The number of nitrogens with one attached hydrogen (secondary N) is 1. The number of anilines is 1. The number of amides is 1. The lowest BCUT2D eigenvalue weighted by Gasteiger charge is -2.22. The molecule has 4 heterocycles. The van der Waals surface area contributed by atoms with Crippen LogP contribution in [0.1, 0.15) is 43.3 Å². The molecule has 1 atom stereocenters. The fourth-order valence-electron chi connectivity index (χ4n) is 3.25. The van der Waals surface area contributed by atoms with Crippen LogP contribution in [-0.4, -0.2) is 37.3 Å². The van der Waals surface area contributed by atoms with Crippen molar-refractivity contribution in [1.29, 1.82) is 0 Å². The van der Waals surface area contributed by atoms with Crippen molar-refractivity contribution in [2.24, 2.45) is 7.05 Å². The van der Waals surface area contributed by atoms with E-state index in [9.17, 15) is 4.79 Å². The standard InChI is InChI=1S/C17H20N6OS2/c1-11-18-8-12(25-11)10-23-7-3-4-13(23)14-5-6-15(26-14)17(24)20-16-9-19-22(2)21-16/h5-6,8-9,13H,3-4,7,10H2,1-2H3,(H,20,21,24). The van der Waals surface area contributed by atoms with E-state index in [4.69, 9.17) is 0 Å². The Kier molecular flexibility index (Phi) is 4.84. The van der Waals surface area contributed by atoms with Crippen LogP contribution in [0.2, 0.25) is 0 Å². The zero-order valence-electron chi connectivity index (χ0n) is 14.7. The van der Waals surface area contributed by atoms with Crippen LogP contribution in [0.25, 0.3) is 0 Å². The summed E-state index contributed by atoms with van der Waals surface area (Å²) in [7, 11) is 1.72. The summed E-state index contributed by atoms with van der Waals surface area (Å²) in [5.74, 6) is 0.333. The SMILES string of the molecule is Cc1ncc(CN2CCCC2c2ccc(C(=O)Nc3cnn(C)n3)s2)s1. The molecule has 4 rings (SSSR count). The second-order valence-corrected chi connectivity index (χ2v) is 8.78. The number of aryl methyl sites for hydroxylation is 2. The molecule has 0 saturated carbocycles. The molecule has 9 heteroatoms. The minimum absolute atomic E-state index is 0.135. The van der Waals surface area contributed by atoms with Gasteiger partial charge in [0, 0.05) is 35.6 Å². The van der Waals surface area contributed by atoms with E-state index < -0.39 is 0 Å². The van der Waals surface area contributed by atoms with Gasteiger partial charge in [-0.1, -0.05) is 0 Å². The van der Waals surface area contributed by atoms with Crippen molar-refractivity contribution in [1.82, 2.24) is 24.9 Å². The molecule has 3 aromatic heterocycles. The van der Waals surface area contributed by atoms with E-state index in [0.717, 1.165) is 24.5 Å². The van der Waals surface area contributed by atoms with Gasteiger partial charge < -0.3 is 5.32 Å². The van der Waals surface area contributed by atoms with Crippen LogP contribution in [-0.2, 0) is 13.6 Å². The van der Waals surface area contributed by atoms with Gasteiger partial charge in [-0.05, 0) is 38.4 Å². The lowest BCUT2D eigenvalue weighted by molar-refractivity contribution is 0.103. The van der Waals surface area contributed by atoms with Crippen LogP contribution < -0.4 is 5.32 Å². The van der Waals surface area contributed by atoms with E-state index in [1.807, 2.05) is 19.2 Å². The van der Waals surface area contributed by atoms with Crippen molar-refractivity contribution in [3.8, 4) is 0 Å². The van der Waals surface area contributed by atoms with Gasteiger partial charge >= 0.3 is 0 Å². The van der Waals surface area contributed by atoms with Gasteiger partial charge in [-0.3, -0.25) is 9.69 Å². The third-order valence-corrected chi connectivity index (χ3v) is 6.49. The van der Waals surface area contributed by atoms with Gasteiger partial charge in [0.1, 0.15) is 0 Å². The lowest BCUT2D eigenvalue weighted by Crippen LogP contribution is -2.21. The van der Waals surface area contributed by atoms with Gasteiger partial charge in [0.05, 0.1) is 16.1 Å². The second-order valence-electron chi connectivity index (χ2n) is 6.35. The van der Waals surface area contributed by atoms with E-state index in [1.165, 1.54) is 21.0 Å². The average Bonchev–Trinajstić information content (AvgIpc) is 3.36. The van der Waals surface area contributed by atoms with Gasteiger partial charge in [-0.15, -0.1) is 27.8 Å². The molecule has 0 spiro atoms. The smallest absolute Gasteiger partial charge is 0.266 e. The van der Waals surface area contributed by atoms with E-state index in [-0.39, 0.29) is 5.91 Å². The number of aromatic nitrogens is 4. The van der Waals surface area contributed by atoms with Crippen molar-refractivity contribution in [3.05, 3.63) is 44.2 Å². The number of thiazole rings is 1. The molecule has 1 aliphatic rings. The number of carbonyl (C=O) groups is 1. The van der Waals surface area contributed by atoms with Gasteiger partial charge in [-0.25, -0.2) is 4.98 Å². The molecule has 1 unspecified atom stereocenters. The highest BCUT2D eigenvalue weighted by Gasteiger charge is 2.28. The van der Waals surface area contributed by atoms with Crippen LogP contribution >= 0.6 is 22.7 Å². The Morgan fingerprint density at radius 2 is 2.23 bits per heavy atom. The maximum Gasteiger partial charge on any atom is 0.266 e. The molecule has 7 nitrogen and oxygen atoms in total. The summed E-state index contributed by atoms with van der Waals surface area (Å²) >= 11 is 3.32. The van der Waals surface area contributed by atoms with Crippen LogP contribution in [0.5, 0.6) is 0 Å². The highest BCUT2D eigenvalue weighted by Crippen LogP contribution is 2.37. The minimum Gasteiger partial charge on any atom is -0.303 e. The van der Waals surface area contributed by atoms with E-state index in [0.29, 0.717) is 16.7 Å². The second kappa shape index (κ2) is 7.26. The monoisotopic (exact) mass is 388 g/mol. The van der Waals surface area contributed by atoms with E-state index in [1.54, 1.807) is 35.9 Å². The van der Waals surface area contributed by atoms with Crippen LogP contribution in [0, 0.1) is 6.92 Å². The number of likely N-dealkylation sites (tertiary alicyclic amines) is 1. The molecule has 1 N–H and O–H groups in total. The molecule has 0 radical (unpaired) electrons. The molecule has 0 bridgehead atoms. The molecule has 1 fully saturated rings. The molecular formula is C17H20N6OS2. The van der Waals surface area contributed by atoms with Gasteiger partial charge in [0.15, 0.2) is 5.82 Å². The fraction of sp³-hybridized carbons (Fsp3) is 0.412. The molecule has 3 aromatic rings. The summed E-state index contributed by atoms with van der Waals surface area (Å²) in [6.07, 6.45) is 5.83. The first-order valence-electron chi connectivity index (χ1n) is 8.51. The number of hydrogen-bond acceptors (Lipinski definition) is 7. The molecule has 1 amide bonds. The number of thiophene rings is 1. The molecule has 1 saturated heterocycles. The molecule has 26 heavy (non-hydrogen) atoms. The predicted molar refractivity (Wildman–Crippen MR) is 103 cm³/mol. The fourth-order valence-corrected chi connectivity index (χ4v) is 5.14. The Balaban J connectivity index is 1.45. The highest BCUT2D eigenvalue weighted by atomic mass is 32.1. The molecular weight excluding hydrogens is 368 g/mol. The molecule has 0 aromatic carbocycles. The van der Waals surface area contributed by atoms with Crippen molar-refractivity contribution < 1.29 is 4.79 Å². The maximum absolute atomic E-state index is 12.4. The first-order valence-corrected chi connectivity index (χ1v) is 10.1. The Bertz CT molecular complexity index is 914. The van der Waals surface area contributed by atoms with E-state index in [2.05, 4.69) is 31.5 Å². The average molecular weight is 389 g/mol. The van der Waals surface area contributed by atoms with E-state index >= 15 is 0 Å². The predicted octanol–water partition coefficient (Wildman–Crippen LogP) is 3.23. The third kappa shape index (κ3) is 3.69. The molecule has 1 aliphatic heterocycles. The molecule has 136 valence electrons. The first kappa shape index (κ1) is 17.3. The van der Waals surface area contributed by atoms with Crippen molar-refractivity contribution >= 4 is 34.4 Å². The topological polar surface area (TPSA) is 75.9 Å². The third-order valence-electron chi connectivity index (χ3n) is 4.41. The number of carbonyl (C=O) groups excluding carboxylic acids is 1. The first-order chi connectivity index (χ1) is 12.6. The van der Waals surface area contributed by atoms with Crippen molar-refractivity contribution in [3.63, 3.8) is 0 Å². The summed E-state index contributed by atoms with van der Waals surface area (Å²) in [5, 5.41) is 12.0. The van der Waals surface area contributed by atoms with Crippen LogP contribution in [0.4, 0.5) is 5.82 Å². The largest absolute Gasteiger partial charge is 0.303 e. The Hall–Kier alpha value is -2.10. The number of hydrogen-bond donors (Lipinski definition) is 1. The Morgan fingerprint density at radius 3 is 2.96 bits per heavy atom. The Morgan fingerprint density at radius 1 is 1.35 bits per heavy atom. The van der Waals surface area contributed by atoms with Crippen molar-refractivity contribution in [2.75, 3.05) is 11.9 Å². The summed E-state index contributed by atoms with van der Waals surface area (Å²) in [5.41, 5.74) is 0. The number of rotatable bonds is 5. The normalized spacial score (nSPS) is 17.7. The van der Waals surface area contributed by atoms with Gasteiger partial charge in [0.25, 0.3) is 5.91 Å². The van der Waals surface area contributed by atoms with Crippen LogP contribution in [0.15, 0.2) is 24.5 Å². The summed E-state index contributed by atoms with van der Waals surface area (Å²) in [6, 6.07) is 4.36. The van der Waals surface area contributed by atoms with Crippen molar-refractivity contribution in [2.45, 2.75) is 32.4 Å². The summed E-state index contributed by atoms with van der Waals surface area (Å²) in [6.45, 7) is 4.05. The lowest BCUT2D eigenvalue weighted by atomic mass is 10.2. The summed E-state index contributed by atoms with van der Waals surface area (Å²) in [4.78, 5) is 23.9. The minimum atomic E-state index is -0.135. The van der Waals surface area contributed by atoms with Crippen LogP contribution in [0.3, 0.4) is 0 Å². The number of nitrogens with zero attached hydrogens (tertiary/aromatic N) is 5. The molecule has 0 aliphatic carbocycles. The Labute approximate surface area is 159 Å². The quantitative estimate of drug-likeness (QED) is 0.726. The summed E-state index contributed by atoms with van der Waals surface area (Å²) < 4.78 is 0.